The molecular weight excluding hydrogens is 436 g/mol. The predicted octanol–water partition coefficient (Wildman–Crippen LogP) is 2.99. The van der Waals surface area contributed by atoms with Gasteiger partial charge in [-0.05, 0) is 29.8 Å². The standard InChI is InChI=1S/C25H28N4O5/c30-25(26-20-4-2-1-3-5-20)21-17-32-24(27-21)16-29(9-8-28-10-12-31-13-11-28)15-19-6-7-22-23(14-19)34-18-33-22/h1-7,14,17H,8-13,15-16,18H2,(H,26,30). The van der Waals surface area contributed by atoms with Crippen molar-refractivity contribution in [3.05, 3.63) is 71.9 Å². The van der Waals surface area contributed by atoms with Gasteiger partial charge in [-0.3, -0.25) is 14.6 Å². The van der Waals surface area contributed by atoms with Crippen LogP contribution in [0.25, 0.3) is 0 Å². The second-order valence-corrected chi connectivity index (χ2v) is 8.30. The van der Waals surface area contributed by atoms with E-state index < -0.39 is 0 Å². The van der Waals surface area contributed by atoms with Gasteiger partial charge in [0.15, 0.2) is 17.2 Å². The minimum atomic E-state index is -0.295. The first-order valence-corrected chi connectivity index (χ1v) is 11.4. The number of rotatable bonds is 9. The Labute approximate surface area is 198 Å². The number of hydrogen-bond acceptors (Lipinski definition) is 8. The van der Waals surface area contributed by atoms with Crippen molar-refractivity contribution < 1.29 is 23.4 Å². The van der Waals surface area contributed by atoms with Gasteiger partial charge in [0, 0.05) is 38.4 Å². The molecule has 1 N–H and O–H groups in total. The second kappa shape index (κ2) is 10.7. The number of amides is 1. The highest BCUT2D eigenvalue weighted by Gasteiger charge is 2.19. The molecular formula is C25H28N4O5. The van der Waals surface area contributed by atoms with Gasteiger partial charge in [0.1, 0.15) is 6.26 Å². The van der Waals surface area contributed by atoms with Gasteiger partial charge in [0.2, 0.25) is 12.7 Å². The molecule has 0 bridgehead atoms. The average molecular weight is 465 g/mol. The zero-order valence-corrected chi connectivity index (χ0v) is 18.9. The molecule has 0 spiro atoms. The van der Waals surface area contributed by atoms with E-state index in [0.717, 1.165) is 56.5 Å². The van der Waals surface area contributed by atoms with Gasteiger partial charge in [-0.25, -0.2) is 4.98 Å². The number of carbonyl (C=O) groups is 1. The highest BCUT2D eigenvalue weighted by atomic mass is 16.7. The van der Waals surface area contributed by atoms with Crippen LogP contribution in [-0.4, -0.2) is 66.9 Å². The minimum absolute atomic E-state index is 0.254. The lowest BCUT2D eigenvalue weighted by atomic mass is 10.2. The summed E-state index contributed by atoms with van der Waals surface area (Å²) in [4.78, 5) is 21.6. The van der Waals surface area contributed by atoms with Crippen LogP contribution in [0.15, 0.2) is 59.2 Å². The summed E-state index contributed by atoms with van der Waals surface area (Å²) < 4.78 is 22.1. The summed E-state index contributed by atoms with van der Waals surface area (Å²) in [6.45, 7) is 6.55. The maximum atomic E-state index is 12.6. The molecule has 2 aromatic carbocycles. The topological polar surface area (TPSA) is 89.3 Å². The number of morpholine rings is 1. The smallest absolute Gasteiger partial charge is 0.277 e. The van der Waals surface area contributed by atoms with Crippen LogP contribution in [0.3, 0.4) is 0 Å². The Bertz CT molecular complexity index is 1100. The summed E-state index contributed by atoms with van der Waals surface area (Å²) in [6.07, 6.45) is 1.41. The van der Waals surface area contributed by atoms with Crippen LogP contribution >= 0.6 is 0 Å². The predicted molar refractivity (Wildman–Crippen MR) is 125 cm³/mol. The molecule has 1 saturated heterocycles. The van der Waals surface area contributed by atoms with Crippen molar-refractivity contribution in [3.63, 3.8) is 0 Å². The van der Waals surface area contributed by atoms with Gasteiger partial charge in [-0.15, -0.1) is 0 Å². The fourth-order valence-corrected chi connectivity index (χ4v) is 4.01. The van der Waals surface area contributed by atoms with Crippen LogP contribution in [0.4, 0.5) is 5.69 Å². The van der Waals surface area contributed by atoms with Gasteiger partial charge < -0.3 is 23.9 Å². The van der Waals surface area contributed by atoms with E-state index in [1.54, 1.807) is 0 Å². The monoisotopic (exact) mass is 464 g/mol. The highest BCUT2D eigenvalue weighted by molar-refractivity contribution is 6.02. The number of nitrogens with one attached hydrogen (secondary N) is 1. The molecule has 1 aromatic heterocycles. The molecule has 3 heterocycles. The van der Waals surface area contributed by atoms with Crippen molar-refractivity contribution >= 4 is 11.6 Å². The number of benzene rings is 2. The zero-order chi connectivity index (χ0) is 23.2. The van der Waals surface area contributed by atoms with E-state index in [1.807, 2.05) is 48.5 Å². The quantitative estimate of drug-likeness (QED) is 0.517. The molecule has 178 valence electrons. The summed E-state index contributed by atoms with van der Waals surface area (Å²) in [7, 11) is 0. The van der Waals surface area contributed by atoms with E-state index in [9.17, 15) is 4.79 Å². The number of hydrogen-bond donors (Lipinski definition) is 1. The molecule has 5 rings (SSSR count). The number of para-hydroxylation sites is 1. The molecule has 0 unspecified atom stereocenters. The van der Waals surface area contributed by atoms with Crippen molar-refractivity contribution in [2.75, 3.05) is 51.5 Å². The van der Waals surface area contributed by atoms with E-state index in [2.05, 4.69) is 20.1 Å². The number of oxazole rings is 1. The van der Waals surface area contributed by atoms with E-state index in [0.29, 0.717) is 24.7 Å². The van der Waals surface area contributed by atoms with E-state index in [4.69, 9.17) is 18.6 Å². The lowest BCUT2D eigenvalue weighted by Crippen LogP contribution is -2.41. The lowest BCUT2D eigenvalue weighted by molar-refractivity contribution is 0.0320. The van der Waals surface area contributed by atoms with Gasteiger partial charge in [0.25, 0.3) is 5.91 Å². The third-order valence-electron chi connectivity index (χ3n) is 5.85. The third-order valence-corrected chi connectivity index (χ3v) is 5.85. The average Bonchev–Trinajstić information content (AvgIpc) is 3.53. The summed E-state index contributed by atoms with van der Waals surface area (Å²) in [6, 6.07) is 15.3. The Morgan fingerprint density at radius 1 is 1.03 bits per heavy atom. The maximum absolute atomic E-state index is 12.6. The highest BCUT2D eigenvalue weighted by Crippen LogP contribution is 2.33. The van der Waals surface area contributed by atoms with Crippen LogP contribution < -0.4 is 14.8 Å². The first-order valence-electron chi connectivity index (χ1n) is 11.4. The Morgan fingerprint density at radius 2 is 1.85 bits per heavy atom. The van der Waals surface area contributed by atoms with Gasteiger partial charge in [-0.2, -0.15) is 0 Å². The van der Waals surface area contributed by atoms with E-state index in [1.165, 1.54) is 6.26 Å². The van der Waals surface area contributed by atoms with Gasteiger partial charge in [-0.1, -0.05) is 24.3 Å². The molecule has 0 aliphatic carbocycles. The summed E-state index contributed by atoms with van der Waals surface area (Å²) in [5, 5.41) is 2.84. The molecule has 1 amide bonds. The Hall–Kier alpha value is -3.40. The molecule has 9 nitrogen and oxygen atoms in total. The molecule has 2 aliphatic heterocycles. The number of ether oxygens (including phenoxy) is 3. The molecule has 0 saturated carbocycles. The molecule has 0 atom stereocenters. The van der Waals surface area contributed by atoms with Crippen LogP contribution in [0.2, 0.25) is 0 Å². The molecule has 1 fully saturated rings. The van der Waals surface area contributed by atoms with Gasteiger partial charge >= 0.3 is 0 Å². The van der Waals surface area contributed by atoms with Crippen molar-refractivity contribution in [2.24, 2.45) is 0 Å². The van der Waals surface area contributed by atoms with Crippen molar-refractivity contribution in [1.29, 1.82) is 0 Å². The molecule has 0 radical (unpaired) electrons. The van der Waals surface area contributed by atoms with Crippen molar-refractivity contribution in [3.8, 4) is 11.5 Å². The van der Waals surface area contributed by atoms with Gasteiger partial charge in [0.05, 0.1) is 19.8 Å². The third kappa shape index (κ3) is 5.74. The number of nitrogens with zero attached hydrogens (tertiary/aromatic N) is 3. The largest absolute Gasteiger partial charge is 0.454 e. The van der Waals surface area contributed by atoms with E-state index in [-0.39, 0.29) is 18.4 Å². The van der Waals surface area contributed by atoms with Crippen LogP contribution in [0.1, 0.15) is 21.9 Å². The van der Waals surface area contributed by atoms with Crippen molar-refractivity contribution in [2.45, 2.75) is 13.1 Å². The Morgan fingerprint density at radius 3 is 2.71 bits per heavy atom. The molecule has 9 heteroatoms. The number of carbonyl (C=O) groups excluding carboxylic acids is 1. The zero-order valence-electron chi connectivity index (χ0n) is 18.9. The SMILES string of the molecule is O=C(Nc1ccccc1)c1coc(CN(CCN2CCOCC2)Cc2ccc3c(c2)OCO3)n1. The van der Waals surface area contributed by atoms with Crippen LogP contribution in [-0.2, 0) is 17.8 Å². The normalized spacial score (nSPS) is 15.6. The first-order chi connectivity index (χ1) is 16.7. The maximum Gasteiger partial charge on any atom is 0.277 e. The van der Waals surface area contributed by atoms with Crippen LogP contribution in [0, 0.1) is 0 Å². The Balaban J connectivity index is 1.25. The second-order valence-electron chi connectivity index (χ2n) is 8.30. The summed E-state index contributed by atoms with van der Waals surface area (Å²) >= 11 is 0. The summed E-state index contributed by atoms with van der Waals surface area (Å²) in [5.74, 6) is 1.74. The first kappa shape index (κ1) is 22.4. The number of fused-ring (bicyclic) bond motifs is 1. The summed E-state index contributed by atoms with van der Waals surface area (Å²) in [5.41, 5.74) is 2.09. The molecule has 34 heavy (non-hydrogen) atoms. The Kier molecular flexibility index (Phi) is 7.04. The fraction of sp³-hybridized carbons (Fsp3) is 0.360. The molecule has 3 aromatic rings. The fourth-order valence-electron chi connectivity index (χ4n) is 4.01. The minimum Gasteiger partial charge on any atom is -0.454 e. The van der Waals surface area contributed by atoms with E-state index >= 15 is 0 Å². The number of aromatic nitrogens is 1. The van der Waals surface area contributed by atoms with Crippen molar-refractivity contribution in [1.82, 2.24) is 14.8 Å². The number of anilines is 1. The van der Waals surface area contributed by atoms with Crippen LogP contribution in [0.5, 0.6) is 11.5 Å². The lowest BCUT2D eigenvalue weighted by Gasteiger charge is -2.29. The molecule has 2 aliphatic rings.